The van der Waals surface area contributed by atoms with Gasteiger partial charge in [0.2, 0.25) is 0 Å². The van der Waals surface area contributed by atoms with Gasteiger partial charge in [-0.05, 0) is 36.4 Å². The van der Waals surface area contributed by atoms with Crippen molar-refractivity contribution in [1.29, 1.82) is 0 Å². The van der Waals surface area contributed by atoms with Gasteiger partial charge in [-0.25, -0.2) is 4.79 Å². The molecule has 0 aliphatic rings. The Morgan fingerprint density at radius 3 is 1.83 bits per heavy atom. The number of halogens is 6. The third kappa shape index (κ3) is 4.18. The van der Waals surface area contributed by atoms with Crippen molar-refractivity contribution in [2.24, 2.45) is 0 Å². The molecule has 0 spiro atoms. The molecule has 0 saturated carbocycles. The molecule has 0 aliphatic carbocycles. The number of carbonyl (C=O) groups is 1. The fourth-order valence-corrected chi connectivity index (χ4v) is 1.81. The molecule has 9 heteroatoms. The summed E-state index contributed by atoms with van der Waals surface area (Å²) in [6, 6.07) is 5.42. The fourth-order valence-electron chi connectivity index (χ4n) is 1.81. The van der Waals surface area contributed by atoms with Crippen molar-refractivity contribution in [1.82, 2.24) is 0 Å². The summed E-state index contributed by atoms with van der Waals surface area (Å²) in [5.41, 5.74) is -3.28. The van der Waals surface area contributed by atoms with Crippen LogP contribution >= 0.6 is 0 Å². The van der Waals surface area contributed by atoms with Crippen molar-refractivity contribution in [3.63, 3.8) is 0 Å². The zero-order valence-electron chi connectivity index (χ0n) is 11.6. The number of alkyl halides is 6. The third-order valence-electron chi connectivity index (χ3n) is 2.88. The lowest BCUT2D eigenvalue weighted by atomic mass is 10.1. The fraction of sp³-hybridized carbons (Fsp3) is 0.133. The zero-order valence-corrected chi connectivity index (χ0v) is 11.6. The molecule has 0 amide bonds. The van der Waals surface area contributed by atoms with E-state index in [1.54, 1.807) is 0 Å². The Bertz CT molecular complexity index is 732. The third-order valence-corrected chi connectivity index (χ3v) is 2.88. The molecule has 2 rings (SSSR count). The van der Waals surface area contributed by atoms with Gasteiger partial charge in [-0.15, -0.1) is 0 Å². The van der Waals surface area contributed by atoms with Crippen LogP contribution in [0.2, 0.25) is 0 Å². The van der Waals surface area contributed by atoms with Crippen molar-refractivity contribution in [2.45, 2.75) is 12.4 Å². The summed E-state index contributed by atoms with van der Waals surface area (Å²) in [4.78, 5) is 10.8. The van der Waals surface area contributed by atoms with E-state index < -0.39 is 35.2 Å². The Hall–Kier alpha value is -2.71. The molecular weight excluding hydrogens is 342 g/mol. The number of rotatable bonds is 3. The second-order valence-corrected chi connectivity index (χ2v) is 4.68. The van der Waals surface area contributed by atoms with Gasteiger partial charge >= 0.3 is 18.3 Å². The molecule has 3 nitrogen and oxygen atoms in total. The maximum absolute atomic E-state index is 12.7. The average Bonchev–Trinajstić information content (AvgIpc) is 2.45. The SMILES string of the molecule is O=C(O)c1cccc(Oc2cc(C(F)(F)F)cc(C(F)(F)F)c2)c1. The molecule has 0 aliphatic heterocycles. The van der Waals surface area contributed by atoms with Gasteiger partial charge in [-0.1, -0.05) is 6.07 Å². The van der Waals surface area contributed by atoms with E-state index in [1.165, 1.54) is 18.2 Å². The van der Waals surface area contributed by atoms with E-state index in [2.05, 4.69) is 0 Å². The van der Waals surface area contributed by atoms with Crippen LogP contribution in [0.4, 0.5) is 26.3 Å². The van der Waals surface area contributed by atoms with Crippen LogP contribution in [0.25, 0.3) is 0 Å². The second kappa shape index (κ2) is 6.06. The maximum Gasteiger partial charge on any atom is 0.416 e. The molecule has 0 saturated heterocycles. The molecule has 0 radical (unpaired) electrons. The summed E-state index contributed by atoms with van der Waals surface area (Å²) in [7, 11) is 0. The predicted molar refractivity (Wildman–Crippen MR) is 69.9 cm³/mol. The van der Waals surface area contributed by atoms with E-state index in [0.29, 0.717) is 12.1 Å². The Balaban J connectivity index is 2.46. The monoisotopic (exact) mass is 350 g/mol. The molecular formula is C15H8F6O3. The van der Waals surface area contributed by atoms with Crippen LogP contribution in [0.1, 0.15) is 21.5 Å². The summed E-state index contributed by atoms with van der Waals surface area (Å²) < 4.78 is 81.4. The number of hydrogen-bond donors (Lipinski definition) is 1. The van der Waals surface area contributed by atoms with E-state index in [1.807, 2.05) is 0 Å². The molecule has 2 aromatic rings. The number of hydrogen-bond acceptors (Lipinski definition) is 2. The van der Waals surface area contributed by atoms with E-state index in [4.69, 9.17) is 9.84 Å². The molecule has 0 atom stereocenters. The first-order valence-corrected chi connectivity index (χ1v) is 6.27. The summed E-state index contributed by atoms with van der Waals surface area (Å²) in [5.74, 6) is -2.23. The summed E-state index contributed by atoms with van der Waals surface area (Å²) >= 11 is 0. The van der Waals surface area contributed by atoms with Gasteiger partial charge in [0.15, 0.2) is 0 Å². The highest BCUT2D eigenvalue weighted by Crippen LogP contribution is 2.39. The molecule has 0 bridgehead atoms. The highest BCUT2D eigenvalue weighted by molar-refractivity contribution is 5.88. The van der Waals surface area contributed by atoms with Gasteiger partial charge in [0.1, 0.15) is 11.5 Å². The average molecular weight is 350 g/mol. The van der Waals surface area contributed by atoms with Crippen molar-refractivity contribution < 1.29 is 41.0 Å². The molecule has 0 heterocycles. The van der Waals surface area contributed by atoms with Crippen LogP contribution in [0.5, 0.6) is 11.5 Å². The Kier molecular flexibility index (Phi) is 4.46. The lowest BCUT2D eigenvalue weighted by Crippen LogP contribution is -2.11. The minimum atomic E-state index is -5.00. The Labute approximate surface area is 131 Å². The number of carboxylic acid groups (broad SMARTS) is 1. The number of carboxylic acids is 1. The lowest BCUT2D eigenvalue weighted by Gasteiger charge is -2.14. The molecule has 1 N–H and O–H groups in total. The van der Waals surface area contributed by atoms with Crippen molar-refractivity contribution in [3.8, 4) is 11.5 Å². The van der Waals surface area contributed by atoms with E-state index in [-0.39, 0.29) is 17.4 Å². The molecule has 0 unspecified atom stereocenters. The van der Waals surface area contributed by atoms with Crippen LogP contribution in [-0.4, -0.2) is 11.1 Å². The van der Waals surface area contributed by atoms with Crippen LogP contribution in [-0.2, 0) is 12.4 Å². The maximum atomic E-state index is 12.7. The second-order valence-electron chi connectivity index (χ2n) is 4.68. The van der Waals surface area contributed by atoms with Gasteiger partial charge in [-0.3, -0.25) is 0 Å². The Morgan fingerprint density at radius 2 is 1.38 bits per heavy atom. The largest absolute Gasteiger partial charge is 0.478 e. The topological polar surface area (TPSA) is 46.5 Å². The van der Waals surface area contributed by atoms with Crippen molar-refractivity contribution >= 4 is 5.97 Å². The van der Waals surface area contributed by atoms with Gasteiger partial charge < -0.3 is 9.84 Å². The standard InChI is InChI=1S/C15H8F6O3/c16-14(17,18)9-5-10(15(19,20)21)7-12(6-9)24-11-3-1-2-8(4-11)13(22)23/h1-7H,(H,22,23). The minimum absolute atomic E-state index is 0.0273. The smallest absolute Gasteiger partial charge is 0.416 e. The predicted octanol–water partition coefficient (Wildman–Crippen LogP) is 5.21. The number of benzene rings is 2. The molecule has 128 valence electrons. The van der Waals surface area contributed by atoms with Crippen LogP contribution < -0.4 is 4.74 Å². The number of ether oxygens (including phenoxy) is 1. The van der Waals surface area contributed by atoms with Crippen molar-refractivity contribution in [2.75, 3.05) is 0 Å². The van der Waals surface area contributed by atoms with E-state index in [9.17, 15) is 31.1 Å². The first kappa shape index (κ1) is 17.6. The molecule has 0 fully saturated rings. The lowest BCUT2D eigenvalue weighted by molar-refractivity contribution is -0.143. The van der Waals surface area contributed by atoms with Crippen LogP contribution in [0, 0.1) is 0 Å². The quantitative estimate of drug-likeness (QED) is 0.773. The van der Waals surface area contributed by atoms with Gasteiger partial charge in [-0.2, -0.15) is 26.3 Å². The normalized spacial score (nSPS) is 12.1. The highest BCUT2D eigenvalue weighted by Gasteiger charge is 2.37. The van der Waals surface area contributed by atoms with E-state index >= 15 is 0 Å². The highest BCUT2D eigenvalue weighted by atomic mass is 19.4. The first-order valence-electron chi connectivity index (χ1n) is 6.27. The Morgan fingerprint density at radius 1 is 0.833 bits per heavy atom. The summed E-state index contributed by atoms with van der Waals surface area (Å²) in [6.45, 7) is 0. The zero-order chi connectivity index (χ0) is 18.1. The summed E-state index contributed by atoms with van der Waals surface area (Å²) in [6.07, 6.45) is -10.00. The van der Waals surface area contributed by atoms with Crippen molar-refractivity contribution in [3.05, 3.63) is 59.2 Å². The van der Waals surface area contributed by atoms with Gasteiger partial charge in [0, 0.05) is 0 Å². The summed E-state index contributed by atoms with van der Waals surface area (Å²) in [5, 5.41) is 8.82. The van der Waals surface area contributed by atoms with Crippen LogP contribution in [0.3, 0.4) is 0 Å². The molecule has 24 heavy (non-hydrogen) atoms. The van der Waals surface area contributed by atoms with E-state index in [0.717, 1.165) is 6.07 Å². The van der Waals surface area contributed by atoms with Crippen LogP contribution in [0.15, 0.2) is 42.5 Å². The first-order chi connectivity index (χ1) is 11.0. The molecule has 0 aromatic heterocycles. The van der Waals surface area contributed by atoms with Gasteiger partial charge in [0.25, 0.3) is 0 Å². The minimum Gasteiger partial charge on any atom is -0.478 e. The number of aromatic carboxylic acids is 1. The molecule has 2 aromatic carbocycles. The van der Waals surface area contributed by atoms with Gasteiger partial charge in [0.05, 0.1) is 16.7 Å².